The van der Waals surface area contributed by atoms with Crippen LogP contribution in [-0.2, 0) is 27.8 Å². The van der Waals surface area contributed by atoms with Crippen LogP contribution in [0.25, 0.3) is 22.4 Å². The molecule has 1 fully saturated rings. The number of aryl methyl sites for hydroxylation is 1. The highest BCUT2D eigenvalue weighted by atomic mass is 32.2. The van der Waals surface area contributed by atoms with Crippen molar-refractivity contribution in [3.05, 3.63) is 102 Å². The van der Waals surface area contributed by atoms with Gasteiger partial charge in [-0.15, -0.1) is 0 Å². The Morgan fingerprint density at radius 3 is 2.10 bits per heavy atom. The number of aliphatic hydroxyl groups excluding tert-OH is 2. The number of carboxylic acids is 1. The predicted molar refractivity (Wildman–Crippen MR) is 189 cm³/mol. The molecule has 3 aromatic carbocycles. The number of aliphatic hydroxyl groups is 2. The molecule has 8 nitrogen and oxygen atoms in total. The van der Waals surface area contributed by atoms with E-state index in [1.54, 1.807) is 16.4 Å². The lowest BCUT2D eigenvalue weighted by Crippen LogP contribution is -2.39. The summed E-state index contributed by atoms with van der Waals surface area (Å²) < 4.78 is 47.7. The molecule has 5 rings (SSSR count). The third-order valence-corrected chi connectivity index (χ3v) is 11.4. The summed E-state index contributed by atoms with van der Waals surface area (Å²) in [6.45, 7) is 6.82. The van der Waals surface area contributed by atoms with Crippen LogP contribution in [0.15, 0.2) is 83.8 Å². The Labute approximate surface area is 288 Å². The Balaban J connectivity index is 1.62. The van der Waals surface area contributed by atoms with Crippen molar-refractivity contribution in [3.63, 3.8) is 0 Å². The summed E-state index contributed by atoms with van der Waals surface area (Å²) in [5.41, 5.74) is 5.31. The summed E-state index contributed by atoms with van der Waals surface area (Å²) in [6.07, 6.45) is -0.369. The molecule has 3 N–H and O–H groups in total. The Bertz CT molecular complexity index is 1810. The Hall–Kier alpha value is -3.83. The van der Waals surface area contributed by atoms with Crippen LogP contribution in [0.2, 0.25) is 0 Å². The van der Waals surface area contributed by atoms with Crippen LogP contribution in [0.1, 0.15) is 68.7 Å². The number of piperidine rings is 1. The normalized spacial score (nSPS) is 15.8. The Kier molecular flexibility index (Phi) is 11.8. The number of carboxylic acid groups (broad SMARTS) is 1. The van der Waals surface area contributed by atoms with Gasteiger partial charge in [0.05, 0.1) is 24.3 Å². The number of aliphatic carboxylic acids is 1. The van der Waals surface area contributed by atoms with Crippen molar-refractivity contribution in [1.29, 1.82) is 0 Å². The standard InChI is InChI=1S/C39H47FN2O6S/c1-26(2)37-39(49(47,48)41-20-17-29(18-21-41)23-28-7-5-4-6-8-28)36(30-11-9-27(3)10-12-30)38(31-13-15-32(40)16-14-31)42(37)22-19-33(43)24-34(44)25-35(45)46/h4-16,26,29,33-34,43-44H,17-25H2,1-3H3,(H,45,46)/t33-,34-/m1/s1. The molecule has 1 aliphatic rings. The molecule has 0 saturated carbocycles. The average Bonchev–Trinajstić information content (AvgIpc) is 3.41. The van der Waals surface area contributed by atoms with Crippen molar-refractivity contribution in [1.82, 2.24) is 8.87 Å². The molecule has 2 heterocycles. The fourth-order valence-electron chi connectivity index (χ4n) is 7.00. The van der Waals surface area contributed by atoms with Crippen molar-refractivity contribution in [2.45, 2.75) is 88.9 Å². The molecule has 0 bridgehead atoms. The van der Waals surface area contributed by atoms with Crippen molar-refractivity contribution in [2.24, 2.45) is 5.92 Å². The van der Waals surface area contributed by atoms with Gasteiger partial charge in [-0.3, -0.25) is 4.79 Å². The van der Waals surface area contributed by atoms with Crippen LogP contribution in [0.5, 0.6) is 0 Å². The van der Waals surface area contributed by atoms with E-state index < -0.39 is 40.4 Å². The lowest BCUT2D eigenvalue weighted by Gasteiger charge is -2.32. The second kappa shape index (κ2) is 15.8. The van der Waals surface area contributed by atoms with Gasteiger partial charge in [-0.05, 0) is 91.8 Å². The maximum absolute atomic E-state index is 15.0. The number of nitrogens with zero attached hydrogens (tertiary/aromatic N) is 2. The highest BCUT2D eigenvalue weighted by Crippen LogP contribution is 2.46. The fourth-order valence-corrected chi connectivity index (χ4v) is 9.03. The molecule has 0 spiro atoms. The maximum Gasteiger partial charge on any atom is 0.305 e. The smallest absolute Gasteiger partial charge is 0.305 e. The van der Waals surface area contributed by atoms with E-state index in [9.17, 15) is 27.8 Å². The van der Waals surface area contributed by atoms with Crippen molar-refractivity contribution < 1.29 is 32.9 Å². The van der Waals surface area contributed by atoms with Crippen LogP contribution in [0.4, 0.5) is 4.39 Å². The first-order chi connectivity index (χ1) is 23.3. The second-order valence-corrected chi connectivity index (χ2v) is 15.5. The van der Waals surface area contributed by atoms with Gasteiger partial charge in [0.15, 0.2) is 0 Å². The van der Waals surface area contributed by atoms with Gasteiger partial charge in [0, 0.05) is 30.9 Å². The van der Waals surface area contributed by atoms with E-state index in [0.29, 0.717) is 47.1 Å². The van der Waals surface area contributed by atoms with Crippen molar-refractivity contribution in [3.8, 4) is 22.4 Å². The molecular formula is C39H47FN2O6S. The highest BCUT2D eigenvalue weighted by Gasteiger charge is 2.38. The Morgan fingerprint density at radius 1 is 0.898 bits per heavy atom. The zero-order valence-corrected chi connectivity index (χ0v) is 29.2. The number of carbonyl (C=O) groups is 1. The Morgan fingerprint density at radius 2 is 1.51 bits per heavy atom. The van der Waals surface area contributed by atoms with E-state index in [2.05, 4.69) is 12.1 Å². The lowest BCUT2D eigenvalue weighted by atomic mass is 9.91. The van der Waals surface area contributed by atoms with E-state index >= 15 is 0 Å². The van der Waals surface area contributed by atoms with Gasteiger partial charge in [-0.1, -0.05) is 74.0 Å². The minimum atomic E-state index is -4.04. The topological polar surface area (TPSA) is 120 Å². The first-order valence-electron chi connectivity index (χ1n) is 17.1. The molecule has 49 heavy (non-hydrogen) atoms. The number of halogens is 1. The zero-order chi connectivity index (χ0) is 35.3. The van der Waals surface area contributed by atoms with E-state index in [1.165, 1.54) is 17.7 Å². The molecule has 1 aromatic heterocycles. The number of aromatic nitrogens is 1. The molecule has 10 heteroatoms. The largest absolute Gasteiger partial charge is 0.481 e. The molecule has 0 aliphatic carbocycles. The highest BCUT2D eigenvalue weighted by molar-refractivity contribution is 7.89. The minimum Gasteiger partial charge on any atom is -0.481 e. The second-order valence-electron chi connectivity index (χ2n) is 13.6. The molecule has 2 atom stereocenters. The van der Waals surface area contributed by atoms with E-state index in [0.717, 1.165) is 24.8 Å². The summed E-state index contributed by atoms with van der Waals surface area (Å²) in [4.78, 5) is 11.3. The third kappa shape index (κ3) is 8.67. The number of hydrogen-bond acceptors (Lipinski definition) is 5. The van der Waals surface area contributed by atoms with Gasteiger partial charge in [-0.25, -0.2) is 12.8 Å². The quantitative estimate of drug-likeness (QED) is 0.131. The molecule has 262 valence electrons. The summed E-state index contributed by atoms with van der Waals surface area (Å²) >= 11 is 0. The first-order valence-corrected chi connectivity index (χ1v) is 18.5. The monoisotopic (exact) mass is 690 g/mol. The molecule has 0 amide bonds. The number of sulfonamides is 1. The lowest BCUT2D eigenvalue weighted by molar-refractivity contribution is -0.139. The number of hydrogen-bond donors (Lipinski definition) is 3. The van der Waals surface area contributed by atoms with Gasteiger partial charge < -0.3 is 19.9 Å². The van der Waals surface area contributed by atoms with Crippen LogP contribution in [-0.4, -0.2) is 63.9 Å². The van der Waals surface area contributed by atoms with Gasteiger partial charge in [0.1, 0.15) is 10.7 Å². The van der Waals surface area contributed by atoms with Crippen LogP contribution in [0.3, 0.4) is 0 Å². The molecule has 0 radical (unpaired) electrons. The first kappa shape index (κ1) is 36.5. The van der Waals surface area contributed by atoms with Crippen molar-refractivity contribution >= 4 is 16.0 Å². The molecular weight excluding hydrogens is 644 g/mol. The summed E-state index contributed by atoms with van der Waals surface area (Å²) in [5, 5.41) is 30.2. The van der Waals surface area contributed by atoms with E-state index in [4.69, 9.17) is 5.11 Å². The van der Waals surface area contributed by atoms with Crippen LogP contribution >= 0.6 is 0 Å². The van der Waals surface area contributed by atoms with Gasteiger partial charge >= 0.3 is 5.97 Å². The number of rotatable bonds is 14. The SMILES string of the molecule is Cc1ccc(-c2c(S(=O)(=O)N3CCC(Cc4ccccc4)CC3)c(C(C)C)n(CC[C@@H](O)C[C@@H](O)CC(=O)O)c2-c2ccc(F)cc2)cc1. The van der Waals surface area contributed by atoms with E-state index in [1.807, 2.05) is 67.8 Å². The van der Waals surface area contributed by atoms with Crippen LogP contribution in [0, 0.1) is 18.7 Å². The summed E-state index contributed by atoms with van der Waals surface area (Å²) in [5.74, 6) is -1.47. The molecule has 1 saturated heterocycles. The maximum atomic E-state index is 15.0. The van der Waals surface area contributed by atoms with Gasteiger partial charge in [0.2, 0.25) is 10.0 Å². The zero-order valence-electron chi connectivity index (χ0n) is 28.4. The summed E-state index contributed by atoms with van der Waals surface area (Å²) in [7, 11) is -4.04. The molecule has 1 aliphatic heterocycles. The summed E-state index contributed by atoms with van der Waals surface area (Å²) in [6, 6.07) is 23.9. The third-order valence-electron chi connectivity index (χ3n) is 9.44. The van der Waals surface area contributed by atoms with Crippen molar-refractivity contribution in [2.75, 3.05) is 13.1 Å². The van der Waals surface area contributed by atoms with Gasteiger partial charge in [0.25, 0.3) is 0 Å². The van der Waals surface area contributed by atoms with E-state index in [-0.39, 0.29) is 30.2 Å². The van der Waals surface area contributed by atoms with Gasteiger partial charge in [-0.2, -0.15) is 4.31 Å². The number of benzene rings is 3. The average molecular weight is 691 g/mol. The predicted octanol–water partition coefficient (Wildman–Crippen LogP) is 7.01. The van der Waals surface area contributed by atoms with Crippen LogP contribution < -0.4 is 0 Å². The molecule has 0 unspecified atom stereocenters. The minimum absolute atomic E-state index is 0.135. The fraction of sp³-hybridized carbons (Fsp3) is 0.410. The molecule has 4 aromatic rings.